The van der Waals surface area contributed by atoms with Crippen LogP contribution < -0.4 is 16.0 Å². The van der Waals surface area contributed by atoms with E-state index >= 15 is 0 Å². The van der Waals surface area contributed by atoms with Gasteiger partial charge in [0.05, 0.1) is 0 Å². The summed E-state index contributed by atoms with van der Waals surface area (Å²) in [5.41, 5.74) is 8.46. The van der Waals surface area contributed by atoms with Crippen LogP contribution in [0.3, 0.4) is 0 Å². The lowest BCUT2D eigenvalue weighted by Gasteiger charge is -2.35. The second kappa shape index (κ2) is 14.2. The van der Waals surface area contributed by atoms with Gasteiger partial charge < -0.3 is 10.6 Å². The molecule has 0 bridgehead atoms. The number of benzene rings is 2. The third kappa shape index (κ3) is 7.71. The van der Waals surface area contributed by atoms with Crippen molar-refractivity contribution in [3.8, 4) is 11.8 Å². The normalized spacial score (nSPS) is 19.2. The minimum atomic E-state index is 0.290. The number of hydrogen-bond acceptors (Lipinski definition) is 4. The first-order chi connectivity index (χ1) is 18.5. The first-order valence-corrected chi connectivity index (χ1v) is 14.1. The zero-order valence-corrected chi connectivity index (χ0v) is 23.1. The Hall–Kier alpha value is -3.10. The zero-order chi connectivity index (χ0) is 26.7. The molecule has 0 spiro atoms. The van der Waals surface area contributed by atoms with E-state index in [1.165, 1.54) is 36.0 Å². The highest BCUT2D eigenvalue weighted by atomic mass is 15.2. The number of likely N-dealkylation sites (N-methyl/N-ethyl adjacent to an activating group) is 1. The van der Waals surface area contributed by atoms with Crippen molar-refractivity contribution < 1.29 is 0 Å². The Kier molecular flexibility index (Phi) is 10.4. The Morgan fingerprint density at radius 1 is 1.08 bits per heavy atom. The van der Waals surface area contributed by atoms with Gasteiger partial charge in [-0.2, -0.15) is 0 Å². The minimum Gasteiger partial charge on any atom is -0.362 e. The summed E-state index contributed by atoms with van der Waals surface area (Å²) in [4.78, 5) is 2.37. The van der Waals surface area contributed by atoms with Crippen LogP contribution in [-0.4, -0.2) is 31.2 Å². The minimum absolute atomic E-state index is 0.290. The molecule has 4 nitrogen and oxygen atoms in total. The summed E-state index contributed by atoms with van der Waals surface area (Å²) in [7, 11) is 2.17. The van der Waals surface area contributed by atoms with Crippen LogP contribution in [0.25, 0.3) is 6.08 Å². The maximum Gasteiger partial charge on any atom is 0.0496 e. The lowest BCUT2D eigenvalue weighted by atomic mass is 9.97. The van der Waals surface area contributed by atoms with Gasteiger partial charge in [-0.25, -0.2) is 0 Å². The summed E-state index contributed by atoms with van der Waals surface area (Å²) in [6.45, 7) is 15.1. The summed E-state index contributed by atoms with van der Waals surface area (Å²) in [6, 6.07) is 16.2. The van der Waals surface area contributed by atoms with E-state index in [2.05, 4.69) is 102 Å². The number of nitrogens with one attached hydrogen (secondary N) is 3. The lowest BCUT2D eigenvalue weighted by molar-refractivity contribution is 0.235. The summed E-state index contributed by atoms with van der Waals surface area (Å²) in [5, 5.41) is 10.2. The molecule has 3 N–H and O–H groups in total. The molecule has 2 fully saturated rings. The van der Waals surface area contributed by atoms with Crippen molar-refractivity contribution in [3.63, 3.8) is 0 Å². The number of piperidine rings is 1. The lowest BCUT2D eigenvalue weighted by Crippen LogP contribution is -2.40. The molecule has 2 aliphatic heterocycles. The van der Waals surface area contributed by atoms with Gasteiger partial charge >= 0.3 is 0 Å². The molecule has 2 heterocycles. The van der Waals surface area contributed by atoms with Gasteiger partial charge in [0, 0.05) is 55.2 Å². The van der Waals surface area contributed by atoms with Crippen LogP contribution in [0.2, 0.25) is 0 Å². The predicted octanol–water partition coefficient (Wildman–Crippen LogP) is 6.28. The van der Waals surface area contributed by atoms with Gasteiger partial charge in [0.15, 0.2) is 0 Å². The molecule has 0 radical (unpaired) electrons. The van der Waals surface area contributed by atoms with Crippen molar-refractivity contribution in [3.05, 3.63) is 101 Å². The van der Waals surface area contributed by atoms with Crippen LogP contribution in [0.5, 0.6) is 0 Å². The Labute approximate surface area is 230 Å². The second-order valence-corrected chi connectivity index (χ2v) is 10.6. The largest absolute Gasteiger partial charge is 0.362 e. The van der Waals surface area contributed by atoms with E-state index < -0.39 is 0 Å². The Balaban J connectivity index is 1.24. The third-order valence-electron chi connectivity index (χ3n) is 7.75. The molecule has 2 aromatic rings. The highest BCUT2D eigenvalue weighted by Gasteiger charge is 2.24. The molecular weight excluding hydrogens is 464 g/mol. The second-order valence-electron chi connectivity index (χ2n) is 10.6. The zero-order valence-electron chi connectivity index (χ0n) is 23.1. The Morgan fingerprint density at radius 2 is 1.92 bits per heavy atom. The highest BCUT2D eigenvalue weighted by molar-refractivity contribution is 5.58. The maximum absolute atomic E-state index is 4.24. The molecule has 2 atom stereocenters. The van der Waals surface area contributed by atoms with E-state index in [0.717, 1.165) is 74.4 Å². The average Bonchev–Trinajstić information content (AvgIpc) is 3.46. The fraction of sp³-hybridized carbons (Fsp3) is 0.412. The summed E-state index contributed by atoms with van der Waals surface area (Å²) < 4.78 is 0. The summed E-state index contributed by atoms with van der Waals surface area (Å²) >= 11 is 0. The van der Waals surface area contributed by atoms with Gasteiger partial charge in [-0.1, -0.05) is 86.9 Å². The molecule has 0 aliphatic carbocycles. The van der Waals surface area contributed by atoms with Crippen LogP contribution in [0.1, 0.15) is 78.8 Å². The van der Waals surface area contributed by atoms with Gasteiger partial charge in [-0.3, -0.25) is 10.2 Å². The number of aryl methyl sites for hydroxylation is 1. The van der Waals surface area contributed by atoms with Gasteiger partial charge in [0.1, 0.15) is 0 Å². The van der Waals surface area contributed by atoms with Gasteiger partial charge in [0.2, 0.25) is 0 Å². The van der Waals surface area contributed by atoms with E-state index in [9.17, 15) is 0 Å². The molecule has 0 aromatic heterocycles. The van der Waals surface area contributed by atoms with Crippen molar-refractivity contribution >= 4 is 6.08 Å². The number of hydrogen-bond donors (Lipinski definition) is 3. The molecule has 4 heteroatoms. The molecule has 2 saturated heterocycles. The fourth-order valence-corrected chi connectivity index (χ4v) is 5.53. The molecule has 4 rings (SSSR count). The maximum atomic E-state index is 4.24. The fourth-order valence-electron chi connectivity index (χ4n) is 5.53. The molecule has 0 saturated carbocycles. The summed E-state index contributed by atoms with van der Waals surface area (Å²) in [5.74, 6) is 6.93. The van der Waals surface area contributed by atoms with Crippen molar-refractivity contribution in [2.75, 3.05) is 20.3 Å². The van der Waals surface area contributed by atoms with E-state index in [1.54, 1.807) is 0 Å². The first-order valence-electron chi connectivity index (χ1n) is 14.1. The molecule has 38 heavy (non-hydrogen) atoms. The number of allylic oxidation sites excluding steroid dienone is 1. The average molecular weight is 509 g/mol. The van der Waals surface area contributed by atoms with Crippen LogP contribution in [0.4, 0.5) is 0 Å². The Bertz CT molecular complexity index is 1180. The van der Waals surface area contributed by atoms with Gasteiger partial charge in [-0.05, 0) is 67.5 Å². The van der Waals surface area contributed by atoms with E-state index in [-0.39, 0.29) is 6.04 Å². The van der Waals surface area contributed by atoms with Crippen LogP contribution in [0, 0.1) is 11.8 Å². The molecule has 2 aromatic carbocycles. The number of nitrogens with zero attached hydrogens (tertiary/aromatic N) is 1. The standard InChI is InChI=1S/C34H44N4/c1-5-29-17-13-18-30(32(29)24-38(4)34-21-20-26(2)37-27(34)3)16-11-9-7-6-8-10-14-28-15-12-19-31(22-28)33-23-35-25-36-33/h5,12-13,15,17-19,22,33-37H,1-3,6-10,14,20-21,23-25H2,4H3. The summed E-state index contributed by atoms with van der Waals surface area (Å²) in [6.07, 6.45) is 10.9. The van der Waals surface area contributed by atoms with Crippen molar-refractivity contribution in [1.29, 1.82) is 0 Å². The van der Waals surface area contributed by atoms with E-state index in [0.29, 0.717) is 6.04 Å². The van der Waals surface area contributed by atoms with Gasteiger partial charge in [0.25, 0.3) is 0 Å². The molecular formula is C34H44N4. The van der Waals surface area contributed by atoms with Crippen LogP contribution >= 0.6 is 0 Å². The topological polar surface area (TPSA) is 39.3 Å². The van der Waals surface area contributed by atoms with Crippen molar-refractivity contribution in [1.82, 2.24) is 20.9 Å². The molecule has 2 aliphatic rings. The molecule has 2 unspecified atom stereocenters. The first kappa shape index (κ1) is 27.9. The number of unbranched alkanes of at least 4 members (excludes halogenated alkanes) is 4. The van der Waals surface area contributed by atoms with Crippen molar-refractivity contribution in [2.45, 2.75) is 70.0 Å². The molecule has 200 valence electrons. The smallest absolute Gasteiger partial charge is 0.0496 e. The third-order valence-corrected chi connectivity index (χ3v) is 7.75. The van der Waals surface area contributed by atoms with E-state index in [1.807, 2.05) is 6.08 Å². The highest BCUT2D eigenvalue weighted by Crippen LogP contribution is 2.25. The number of rotatable bonds is 11. The van der Waals surface area contributed by atoms with E-state index in [4.69, 9.17) is 0 Å². The monoisotopic (exact) mass is 508 g/mol. The van der Waals surface area contributed by atoms with Gasteiger partial charge in [-0.15, -0.1) is 0 Å². The SMILES string of the molecule is C=Cc1cccc(C#CCCCCCCc2cccc(C3CNCN3)c2)c1CN(C)C1CCC(=C)NC1=C. The predicted molar refractivity (Wildman–Crippen MR) is 161 cm³/mol. The molecule has 0 amide bonds. The van der Waals surface area contributed by atoms with Crippen LogP contribution in [-0.2, 0) is 13.0 Å². The van der Waals surface area contributed by atoms with Crippen LogP contribution in [0.15, 0.2) is 73.6 Å². The van der Waals surface area contributed by atoms with Crippen molar-refractivity contribution in [2.24, 2.45) is 0 Å². The quantitative estimate of drug-likeness (QED) is 0.247. The Morgan fingerprint density at radius 3 is 2.71 bits per heavy atom.